The zero-order chi connectivity index (χ0) is 12.8. The first-order chi connectivity index (χ1) is 7.86. The van der Waals surface area contributed by atoms with Crippen molar-refractivity contribution in [2.45, 2.75) is 30.4 Å². The van der Waals surface area contributed by atoms with Crippen LogP contribution in [0, 0.1) is 0 Å². The Hall–Kier alpha value is -0.260. The normalized spacial score (nSPS) is 26.0. The second-order valence-corrected chi connectivity index (χ2v) is 6.42. The summed E-state index contributed by atoms with van der Waals surface area (Å²) in [6, 6.07) is 3.63. The van der Waals surface area contributed by atoms with Crippen LogP contribution in [0.2, 0.25) is 0 Å². The lowest BCUT2D eigenvalue weighted by Gasteiger charge is -2.40. The van der Waals surface area contributed by atoms with E-state index in [0.29, 0.717) is 11.5 Å². The number of ether oxygens (including phenoxy) is 2. The highest BCUT2D eigenvalue weighted by Crippen LogP contribution is 2.46. The van der Waals surface area contributed by atoms with Crippen molar-refractivity contribution >= 4 is 31.9 Å². The number of fused-ring (bicyclic) bond motifs is 1. The number of aliphatic hydroxyl groups excluding tert-OH is 1. The molecule has 0 radical (unpaired) electrons. The summed E-state index contributed by atoms with van der Waals surface area (Å²) in [4.78, 5) is -0.150. The average Bonchev–Trinajstić information content (AvgIpc) is 2.27. The van der Waals surface area contributed by atoms with Gasteiger partial charge in [0.05, 0.1) is 22.5 Å². The lowest BCUT2D eigenvalue weighted by Crippen LogP contribution is -2.45. The van der Waals surface area contributed by atoms with Crippen molar-refractivity contribution in [3.63, 3.8) is 0 Å². The van der Waals surface area contributed by atoms with Gasteiger partial charge >= 0.3 is 0 Å². The van der Waals surface area contributed by atoms with Gasteiger partial charge in [0, 0.05) is 11.6 Å². The number of hydrogen-bond donors (Lipinski definition) is 1. The van der Waals surface area contributed by atoms with Crippen molar-refractivity contribution in [1.29, 1.82) is 0 Å². The molecule has 1 aromatic rings. The van der Waals surface area contributed by atoms with E-state index in [-0.39, 0.29) is 4.83 Å². The first kappa shape index (κ1) is 13.2. The maximum Gasteiger partial charge on any atom is 0.136 e. The van der Waals surface area contributed by atoms with E-state index in [2.05, 4.69) is 31.9 Å². The Morgan fingerprint density at radius 1 is 1.41 bits per heavy atom. The van der Waals surface area contributed by atoms with E-state index in [0.717, 1.165) is 10.0 Å². The van der Waals surface area contributed by atoms with Gasteiger partial charge in [0.2, 0.25) is 0 Å². The largest absolute Gasteiger partial charge is 0.495 e. The molecule has 0 fully saturated rings. The van der Waals surface area contributed by atoms with Crippen LogP contribution in [0.4, 0.5) is 0 Å². The molecule has 0 aromatic heterocycles. The number of aliphatic hydroxyl groups is 1. The van der Waals surface area contributed by atoms with E-state index in [1.807, 2.05) is 19.9 Å². The molecule has 1 N–H and O–H groups in total. The summed E-state index contributed by atoms with van der Waals surface area (Å²) in [7, 11) is 1.60. The van der Waals surface area contributed by atoms with E-state index in [4.69, 9.17) is 9.47 Å². The third-order valence-corrected chi connectivity index (χ3v) is 5.14. The molecule has 0 saturated heterocycles. The predicted octanol–water partition coefficient (Wildman–Crippen LogP) is 3.43. The van der Waals surface area contributed by atoms with Crippen LogP contribution < -0.4 is 9.47 Å². The summed E-state index contributed by atoms with van der Waals surface area (Å²) >= 11 is 6.89. The molecule has 0 amide bonds. The van der Waals surface area contributed by atoms with Gasteiger partial charge in [0.1, 0.15) is 17.1 Å². The fourth-order valence-corrected chi connectivity index (χ4v) is 2.80. The van der Waals surface area contributed by atoms with Crippen LogP contribution >= 0.6 is 31.9 Å². The topological polar surface area (TPSA) is 38.7 Å². The molecule has 2 atom stereocenters. The second kappa shape index (κ2) is 4.44. The summed E-state index contributed by atoms with van der Waals surface area (Å²) in [5, 5.41) is 10.3. The molecule has 0 bridgehead atoms. The highest BCUT2D eigenvalue weighted by atomic mass is 79.9. The van der Waals surface area contributed by atoms with Gasteiger partial charge in [-0.15, -0.1) is 0 Å². The first-order valence-corrected chi connectivity index (χ1v) is 6.96. The molecule has 1 aliphatic heterocycles. The van der Waals surface area contributed by atoms with Crippen LogP contribution in [0.5, 0.6) is 11.5 Å². The Balaban J connectivity index is 2.53. The summed E-state index contributed by atoms with van der Waals surface area (Å²) < 4.78 is 11.9. The van der Waals surface area contributed by atoms with Crippen molar-refractivity contribution in [2.24, 2.45) is 0 Å². The lowest BCUT2D eigenvalue weighted by molar-refractivity contribution is 0.0223. The maximum atomic E-state index is 10.3. The standard InChI is InChI=1S/C12H14Br2O3/c1-12(2)11(14)10(15)6-4-7(13)9(16-3)5-8(6)17-12/h4-5,10-11,15H,1-3H3/t10-,11+/m0/s1. The monoisotopic (exact) mass is 364 g/mol. The van der Waals surface area contributed by atoms with Crippen LogP contribution in [-0.4, -0.2) is 22.6 Å². The number of benzene rings is 1. The van der Waals surface area contributed by atoms with Gasteiger partial charge in [-0.2, -0.15) is 0 Å². The number of halogens is 2. The Labute approximate surface area is 117 Å². The quantitative estimate of drug-likeness (QED) is 0.775. The highest BCUT2D eigenvalue weighted by Gasteiger charge is 2.42. The average molecular weight is 366 g/mol. The lowest BCUT2D eigenvalue weighted by atomic mass is 9.91. The molecule has 1 heterocycles. The molecule has 0 unspecified atom stereocenters. The van der Waals surface area contributed by atoms with Gasteiger partial charge in [-0.25, -0.2) is 0 Å². The minimum absolute atomic E-state index is 0.150. The molecule has 17 heavy (non-hydrogen) atoms. The van der Waals surface area contributed by atoms with Crippen LogP contribution in [0.25, 0.3) is 0 Å². The molecular weight excluding hydrogens is 352 g/mol. The molecule has 0 saturated carbocycles. The van der Waals surface area contributed by atoms with Crippen molar-refractivity contribution in [3.8, 4) is 11.5 Å². The van der Waals surface area contributed by atoms with Crippen LogP contribution in [0.3, 0.4) is 0 Å². The van der Waals surface area contributed by atoms with Crippen LogP contribution in [0.15, 0.2) is 16.6 Å². The van der Waals surface area contributed by atoms with Crippen molar-refractivity contribution in [2.75, 3.05) is 7.11 Å². The molecular formula is C12H14Br2O3. The molecule has 2 rings (SSSR count). The Kier molecular flexibility index (Phi) is 3.45. The van der Waals surface area contributed by atoms with E-state index in [1.54, 1.807) is 13.2 Å². The summed E-state index contributed by atoms with van der Waals surface area (Å²) in [6.07, 6.45) is -0.601. The minimum atomic E-state index is -0.601. The molecule has 1 aromatic carbocycles. The molecule has 3 nitrogen and oxygen atoms in total. The summed E-state index contributed by atoms with van der Waals surface area (Å²) in [6.45, 7) is 3.88. The molecule has 5 heteroatoms. The van der Waals surface area contributed by atoms with Crippen molar-refractivity contribution in [1.82, 2.24) is 0 Å². The number of methoxy groups -OCH3 is 1. The number of hydrogen-bond acceptors (Lipinski definition) is 3. The zero-order valence-corrected chi connectivity index (χ0v) is 13.0. The van der Waals surface area contributed by atoms with E-state index in [9.17, 15) is 5.11 Å². The van der Waals surface area contributed by atoms with E-state index in [1.165, 1.54) is 0 Å². The fourth-order valence-electron chi connectivity index (χ4n) is 1.90. The van der Waals surface area contributed by atoms with E-state index >= 15 is 0 Å². The SMILES string of the molecule is COc1cc2c(cc1Br)[C@H](O)[C@@H](Br)C(C)(C)O2. The minimum Gasteiger partial charge on any atom is -0.495 e. The molecule has 1 aliphatic rings. The van der Waals surface area contributed by atoms with Gasteiger partial charge in [-0.3, -0.25) is 0 Å². The third-order valence-electron chi connectivity index (χ3n) is 2.92. The van der Waals surface area contributed by atoms with Gasteiger partial charge in [0.25, 0.3) is 0 Å². The van der Waals surface area contributed by atoms with Crippen LogP contribution in [-0.2, 0) is 0 Å². The molecule has 0 aliphatic carbocycles. The molecule has 94 valence electrons. The molecule has 0 spiro atoms. The van der Waals surface area contributed by atoms with Crippen LogP contribution in [0.1, 0.15) is 25.5 Å². The van der Waals surface area contributed by atoms with Gasteiger partial charge in [0.15, 0.2) is 0 Å². The van der Waals surface area contributed by atoms with Gasteiger partial charge < -0.3 is 14.6 Å². The Bertz CT molecular complexity index is 446. The number of rotatable bonds is 1. The summed E-state index contributed by atoms with van der Waals surface area (Å²) in [5.41, 5.74) is 0.296. The maximum absolute atomic E-state index is 10.3. The third kappa shape index (κ3) is 2.20. The van der Waals surface area contributed by atoms with Gasteiger partial charge in [-0.1, -0.05) is 15.9 Å². The highest BCUT2D eigenvalue weighted by molar-refractivity contribution is 9.10. The Morgan fingerprint density at radius 3 is 2.65 bits per heavy atom. The van der Waals surface area contributed by atoms with Crippen molar-refractivity contribution in [3.05, 3.63) is 22.2 Å². The van der Waals surface area contributed by atoms with Crippen molar-refractivity contribution < 1.29 is 14.6 Å². The van der Waals surface area contributed by atoms with E-state index < -0.39 is 11.7 Å². The van der Waals surface area contributed by atoms with Gasteiger partial charge in [-0.05, 0) is 35.8 Å². The second-order valence-electron chi connectivity index (χ2n) is 4.58. The fraction of sp³-hybridized carbons (Fsp3) is 0.500. The zero-order valence-electron chi connectivity index (χ0n) is 9.83. The predicted molar refractivity (Wildman–Crippen MR) is 73.1 cm³/mol. The smallest absolute Gasteiger partial charge is 0.136 e. The summed E-state index contributed by atoms with van der Waals surface area (Å²) in [5.74, 6) is 1.36. The number of alkyl halides is 1. The first-order valence-electron chi connectivity index (χ1n) is 5.25. The Morgan fingerprint density at radius 2 is 2.06 bits per heavy atom.